The zero-order valence-electron chi connectivity index (χ0n) is 35.5. The van der Waals surface area contributed by atoms with Crippen molar-refractivity contribution in [2.45, 2.75) is 12.0 Å². The molecule has 2 nitrogen and oxygen atoms in total. The van der Waals surface area contributed by atoms with E-state index in [-0.39, 0.29) is 0 Å². The van der Waals surface area contributed by atoms with E-state index >= 15 is 0 Å². The quantitative estimate of drug-likeness (QED) is 0.148. The van der Waals surface area contributed by atoms with E-state index in [4.69, 9.17) is 0 Å². The van der Waals surface area contributed by atoms with Crippen LogP contribution in [0.5, 0.6) is 0 Å². The third kappa shape index (κ3) is 7.79. The van der Waals surface area contributed by atoms with Crippen molar-refractivity contribution in [1.29, 1.82) is 0 Å². The van der Waals surface area contributed by atoms with Crippen molar-refractivity contribution in [3.05, 3.63) is 272 Å². The molecule has 10 aromatic carbocycles. The first kappa shape index (κ1) is 38.7. The van der Waals surface area contributed by atoms with Gasteiger partial charge in [-0.05, 0) is 127 Å². The monoisotopic (exact) mass is 818 g/mol. The van der Waals surface area contributed by atoms with E-state index in [1.807, 2.05) is 0 Å². The maximum Gasteiger partial charge on any atom is 0.0847 e. The normalized spacial score (nSPS) is 14.6. The molecule has 0 aliphatic heterocycles. The predicted octanol–water partition coefficient (Wildman–Crippen LogP) is 16.8. The molecule has 304 valence electrons. The Kier molecular flexibility index (Phi) is 10.2. The van der Waals surface area contributed by atoms with Gasteiger partial charge in [-0.3, -0.25) is 0 Å². The smallest absolute Gasteiger partial charge is 0.0847 e. The van der Waals surface area contributed by atoms with Gasteiger partial charge in [0.15, 0.2) is 0 Å². The van der Waals surface area contributed by atoms with Crippen molar-refractivity contribution in [1.82, 2.24) is 0 Å². The van der Waals surface area contributed by atoms with Crippen LogP contribution in [0.15, 0.2) is 261 Å². The number of nitrogens with one attached hydrogen (secondary N) is 1. The number of fused-ring (bicyclic) bond motifs is 2. The molecular formula is C62H46N2. The van der Waals surface area contributed by atoms with Crippen LogP contribution in [0.4, 0.5) is 22.7 Å². The molecule has 0 heterocycles. The van der Waals surface area contributed by atoms with Gasteiger partial charge in [0.1, 0.15) is 0 Å². The lowest BCUT2D eigenvalue weighted by Crippen LogP contribution is -2.34. The summed E-state index contributed by atoms with van der Waals surface area (Å²) in [5.41, 5.74) is 14.9. The second-order valence-corrected chi connectivity index (χ2v) is 16.7. The fraction of sp³-hybridized carbons (Fsp3) is 0.0323. The lowest BCUT2D eigenvalue weighted by molar-refractivity contribution is 0.620. The molecule has 0 aromatic heterocycles. The molecule has 0 spiro atoms. The summed E-state index contributed by atoms with van der Waals surface area (Å²) in [5, 5.41) is 8.89. The summed E-state index contributed by atoms with van der Waals surface area (Å²) in [6.07, 6.45) is 7.84. The lowest BCUT2D eigenvalue weighted by atomic mass is 9.80. The van der Waals surface area contributed by atoms with E-state index in [1.165, 1.54) is 71.6 Å². The highest BCUT2D eigenvalue weighted by atomic mass is 15.1. The van der Waals surface area contributed by atoms with Gasteiger partial charge in [-0.1, -0.05) is 212 Å². The first-order valence-electron chi connectivity index (χ1n) is 22.1. The average Bonchev–Trinajstić information content (AvgIpc) is 3.38. The van der Waals surface area contributed by atoms with Crippen LogP contribution in [0, 0.1) is 0 Å². The Hall–Kier alpha value is -8.20. The van der Waals surface area contributed by atoms with Gasteiger partial charge in [-0.25, -0.2) is 0 Å². The number of benzene rings is 10. The standard InChI is InChI=1S/C62H46N2/c1-3-11-45(12-4-1)51-23-31-57(32-24-51)62(63-58-33-25-47-15-7-9-17-55(47)43-58)41-39-54(40-42-62)50-21-19-49(20-22-50)53-28-36-60(37-29-53)64(61-38-30-48-16-8-10-18-56(48)44-61)59-34-26-52(27-35-59)46-13-5-2-6-14-46/h1-41,43-44,63H,42H2. The van der Waals surface area contributed by atoms with Gasteiger partial charge in [-0.15, -0.1) is 0 Å². The molecule has 1 aliphatic carbocycles. The number of hydrogen-bond acceptors (Lipinski definition) is 2. The van der Waals surface area contributed by atoms with Crippen molar-refractivity contribution >= 4 is 49.9 Å². The molecule has 1 aliphatic rings. The summed E-state index contributed by atoms with van der Waals surface area (Å²) in [6, 6.07) is 87.6. The van der Waals surface area contributed by atoms with Crippen LogP contribution in [0.1, 0.15) is 17.5 Å². The summed E-state index contributed by atoms with van der Waals surface area (Å²) in [6.45, 7) is 0. The van der Waals surface area contributed by atoms with Crippen molar-refractivity contribution in [2.24, 2.45) is 0 Å². The molecule has 0 bridgehead atoms. The van der Waals surface area contributed by atoms with Gasteiger partial charge in [0.2, 0.25) is 0 Å². The van der Waals surface area contributed by atoms with Crippen LogP contribution in [0.25, 0.3) is 60.5 Å². The second kappa shape index (κ2) is 16.9. The molecule has 0 saturated heterocycles. The highest BCUT2D eigenvalue weighted by Crippen LogP contribution is 2.41. The van der Waals surface area contributed by atoms with E-state index < -0.39 is 5.54 Å². The minimum Gasteiger partial charge on any atom is -0.372 e. The van der Waals surface area contributed by atoms with Crippen LogP contribution >= 0.6 is 0 Å². The van der Waals surface area contributed by atoms with Crippen molar-refractivity contribution in [3.63, 3.8) is 0 Å². The van der Waals surface area contributed by atoms with Crippen LogP contribution < -0.4 is 10.2 Å². The molecule has 11 rings (SSSR count). The predicted molar refractivity (Wildman–Crippen MR) is 272 cm³/mol. The van der Waals surface area contributed by atoms with Crippen molar-refractivity contribution in [3.8, 4) is 33.4 Å². The summed E-state index contributed by atoms with van der Waals surface area (Å²) in [7, 11) is 0. The van der Waals surface area contributed by atoms with Gasteiger partial charge >= 0.3 is 0 Å². The zero-order valence-corrected chi connectivity index (χ0v) is 35.5. The van der Waals surface area contributed by atoms with E-state index in [0.717, 1.165) is 29.2 Å². The summed E-state index contributed by atoms with van der Waals surface area (Å²) < 4.78 is 0. The highest BCUT2D eigenvalue weighted by molar-refractivity contribution is 5.90. The lowest BCUT2D eigenvalue weighted by Gasteiger charge is -2.35. The van der Waals surface area contributed by atoms with E-state index in [0.29, 0.717) is 0 Å². The second-order valence-electron chi connectivity index (χ2n) is 16.7. The minimum absolute atomic E-state index is 0.409. The third-order valence-electron chi connectivity index (χ3n) is 12.7. The Labute approximate surface area is 375 Å². The molecule has 1 atom stereocenters. The van der Waals surface area contributed by atoms with Crippen LogP contribution in [-0.2, 0) is 5.54 Å². The van der Waals surface area contributed by atoms with Gasteiger partial charge < -0.3 is 10.2 Å². The summed E-state index contributed by atoms with van der Waals surface area (Å²) in [5.74, 6) is 0. The van der Waals surface area contributed by atoms with Crippen molar-refractivity contribution in [2.75, 3.05) is 10.2 Å². The average molecular weight is 819 g/mol. The number of nitrogens with zero attached hydrogens (tertiary/aromatic N) is 1. The van der Waals surface area contributed by atoms with Gasteiger partial charge in [0.25, 0.3) is 0 Å². The SMILES string of the molecule is C1=CC(Nc2ccc3ccccc3c2)(c2ccc(-c3ccccc3)cc2)CC=C1c1ccc(-c2ccc(N(c3ccc(-c4ccccc4)cc3)c3ccc4ccccc4c3)cc2)cc1. The minimum atomic E-state index is -0.409. The van der Waals surface area contributed by atoms with Crippen molar-refractivity contribution < 1.29 is 0 Å². The van der Waals surface area contributed by atoms with Gasteiger partial charge in [-0.2, -0.15) is 0 Å². The Balaban J connectivity index is 0.862. The van der Waals surface area contributed by atoms with Gasteiger partial charge in [0, 0.05) is 22.7 Å². The number of hydrogen-bond donors (Lipinski definition) is 1. The zero-order chi connectivity index (χ0) is 42.7. The van der Waals surface area contributed by atoms with Gasteiger partial charge in [0.05, 0.1) is 5.54 Å². The Morgan fingerprint density at radius 2 is 0.766 bits per heavy atom. The number of rotatable bonds is 10. The largest absolute Gasteiger partial charge is 0.372 e. The van der Waals surface area contributed by atoms with Crippen LogP contribution in [-0.4, -0.2) is 0 Å². The molecular weight excluding hydrogens is 773 g/mol. The van der Waals surface area contributed by atoms with E-state index in [2.05, 4.69) is 271 Å². The molecule has 1 N–H and O–H groups in total. The molecule has 64 heavy (non-hydrogen) atoms. The van der Waals surface area contributed by atoms with Crippen LogP contribution in [0.3, 0.4) is 0 Å². The Bertz CT molecular complexity index is 3280. The molecule has 0 fully saturated rings. The van der Waals surface area contributed by atoms with E-state index in [1.54, 1.807) is 0 Å². The molecule has 10 aromatic rings. The molecule has 2 heteroatoms. The molecule has 0 radical (unpaired) electrons. The molecule has 0 amide bonds. The first-order valence-corrected chi connectivity index (χ1v) is 22.1. The fourth-order valence-corrected chi connectivity index (χ4v) is 9.20. The van der Waals surface area contributed by atoms with E-state index in [9.17, 15) is 0 Å². The maximum atomic E-state index is 3.98. The molecule has 0 saturated carbocycles. The maximum absolute atomic E-state index is 3.98. The fourth-order valence-electron chi connectivity index (χ4n) is 9.20. The number of anilines is 4. The Morgan fingerprint density at radius 3 is 1.30 bits per heavy atom. The topological polar surface area (TPSA) is 15.3 Å². The van der Waals surface area contributed by atoms with Crippen LogP contribution in [0.2, 0.25) is 0 Å². The Morgan fingerprint density at radius 1 is 0.344 bits per heavy atom. The summed E-state index contributed by atoms with van der Waals surface area (Å²) in [4.78, 5) is 2.35. The highest BCUT2D eigenvalue weighted by Gasteiger charge is 2.31. The summed E-state index contributed by atoms with van der Waals surface area (Å²) >= 11 is 0. The number of allylic oxidation sites excluding steroid dienone is 2. The molecule has 1 unspecified atom stereocenters. The first-order chi connectivity index (χ1) is 31.6. The third-order valence-corrected chi connectivity index (χ3v) is 12.7.